The summed E-state index contributed by atoms with van der Waals surface area (Å²) in [6.07, 6.45) is 26.7. The number of aliphatic hydroxyl groups excluding tert-OH is 1. The molecule has 0 aromatic rings. The van der Waals surface area contributed by atoms with Crippen molar-refractivity contribution in [3.05, 3.63) is 12.2 Å². The topological polar surface area (TPSA) is 79.3 Å². The van der Waals surface area contributed by atoms with E-state index in [1.165, 1.54) is 88.8 Å². The zero-order valence-electron chi connectivity index (χ0n) is 32.2. The lowest BCUT2D eigenvalue weighted by molar-refractivity contribution is -0.144. The number of aliphatic hydroxyl groups is 1. The standard InChI is InChI=1S/C40H78N2O5S/c1-6-11-14-17-18-21-24-35-46-38(43)30-25-33-42(40(45)48-36-27-32-41(9-4)10-5)34-26-31-39(44)47-37(28-22-19-15-12-7-2)29-23-20-16-13-8-3/h21,24,37,39,44H,6-20,22-23,25-36H2,1-5H3/b24-21-. The molecule has 1 amide bonds. The maximum absolute atomic E-state index is 13.2. The number of allylic oxidation sites excluding steroid dienone is 1. The second-order valence-electron chi connectivity index (χ2n) is 13.3. The molecule has 0 radical (unpaired) electrons. The van der Waals surface area contributed by atoms with Crippen LogP contribution < -0.4 is 0 Å². The first-order valence-electron chi connectivity index (χ1n) is 20.2. The van der Waals surface area contributed by atoms with Gasteiger partial charge in [-0.2, -0.15) is 0 Å². The number of hydrogen-bond acceptors (Lipinski definition) is 7. The molecule has 0 aliphatic heterocycles. The Kier molecular flexibility index (Phi) is 34.9. The number of unbranched alkanes of at least 4 members (excludes halogenated alkanes) is 12. The van der Waals surface area contributed by atoms with E-state index in [4.69, 9.17) is 9.47 Å². The van der Waals surface area contributed by atoms with Gasteiger partial charge in [0.05, 0.1) is 6.10 Å². The molecule has 0 aliphatic carbocycles. The fourth-order valence-electron chi connectivity index (χ4n) is 5.85. The highest BCUT2D eigenvalue weighted by Crippen LogP contribution is 2.19. The first-order valence-corrected chi connectivity index (χ1v) is 21.2. The largest absolute Gasteiger partial charge is 0.461 e. The fraction of sp³-hybridized carbons (Fsp3) is 0.900. The van der Waals surface area contributed by atoms with Crippen LogP contribution in [0.2, 0.25) is 0 Å². The van der Waals surface area contributed by atoms with Gasteiger partial charge in [0.25, 0.3) is 5.24 Å². The van der Waals surface area contributed by atoms with E-state index in [9.17, 15) is 14.7 Å². The van der Waals surface area contributed by atoms with Gasteiger partial charge in [0, 0.05) is 25.3 Å². The number of carbonyl (C=O) groups is 2. The van der Waals surface area contributed by atoms with E-state index in [2.05, 4.69) is 45.6 Å². The van der Waals surface area contributed by atoms with Crippen LogP contribution in [0.25, 0.3) is 0 Å². The van der Waals surface area contributed by atoms with Crippen LogP contribution >= 0.6 is 11.8 Å². The van der Waals surface area contributed by atoms with E-state index in [1.807, 2.05) is 11.0 Å². The molecule has 48 heavy (non-hydrogen) atoms. The van der Waals surface area contributed by atoms with Crippen molar-refractivity contribution in [2.75, 3.05) is 45.1 Å². The van der Waals surface area contributed by atoms with E-state index in [1.54, 1.807) is 0 Å². The smallest absolute Gasteiger partial charge is 0.306 e. The summed E-state index contributed by atoms with van der Waals surface area (Å²) in [6.45, 7) is 15.4. The van der Waals surface area contributed by atoms with E-state index < -0.39 is 6.29 Å². The lowest BCUT2D eigenvalue weighted by atomic mass is 10.0. The summed E-state index contributed by atoms with van der Waals surface area (Å²) in [5, 5.41) is 10.9. The van der Waals surface area contributed by atoms with Gasteiger partial charge in [-0.15, -0.1) is 0 Å². The van der Waals surface area contributed by atoms with Gasteiger partial charge < -0.3 is 24.4 Å². The molecule has 0 aliphatic rings. The van der Waals surface area contributed by atoms with Gasteiger partial charge in [0.1, 0.15) is 6.61 Å². The summed E-state index contributed by atoms with van der Waals surface area (Å²) in [7, 11) is 0. The number of ether oxygens (including phenoxy) is 2. The first kappa shape index (κ1) is 46.9. The van der Waals surface area contributed by atoms with Crippen LogP contribution in [0.3, 0.4) is 0 Å². The number of hydrogen-bond donors (Lipinski definition) is 1. The second kappa shape index (κ2) is 35.7. The lowest BCUT2D eigenvalue weighted by Gasteiger charge is -2.25. The van der Waals surface area contributed by atoms with Crippen LogP contribution in [0.4, 0.5) is 4.79 Å². The molecule has 0 bridgehead atoms. The molecule has 0 aromatic heterocycles. The van der Waals surface area contributed by atoms with Gasteiger partial charge in [-0.3, -0.25) is 9.59 Å². The molecule has 0 spiro atoms. The third-order valence-electron chi connectivity index (χ3n) is 9.03. The Morgan fingerprint density at radius 2 is 1.25 bits per heavy atom. The van der Waals surface area contributed by atoms with Crippen LogP contribution in [0.15, 0.2) is 12.2 Å². The molecule has 7 nitrogen and oxygen atoms in total. The molecule has 8 heteroatoms. The number of rotatable bonds is 35. The molecule has 1 N–H and O–H groups in total. The quantitative estimate of drug-likeness (QED) is 0.0305. The van der Waals surface area contributed by atoms with Gasteiger partial charge in [-0.1, -0.05) is 142 Å². The Bertz CT molecular complexity index is 735. The molecular formula is C40H78N2O5S. The van der Waals surface area contributed by atoms with Gasteiger partial charge in [0.2, 0.25) is 0 Å². The van der Waals surface area contributed by atoms with Crippen molar-refractivity contribution in [2.24, 2.45) is 0 Å². The van der Waals surface area contributed by atoms with Crippen molar-refractivity contribution >= 4 is 23.0 Å². The summed E-state index contributed by atoms with van der Waals surface area (Å²) in [5.41, 5.74) is 0. The summed E-state index contributed by atoms with van der Waals surface area (Å²) >= 11 is 1.37. The normalized spacial score (nSPS) is 12.4. The highest BCUT2D eigenvalue weighted by atomic mass is 32.2. The van der Waals surface area contributed by atoms with Gasteiger partial charge in [-0.25, -0.2) is 0 Å². The van der Waals surface area contributed by atoms with E-state index >= 15 is 0 Å². The van der Waals surface area contributed by atoms with Crippen LogP contribution in [0.5, 0.6) is 0 Å². The van der Waals surface area contributed by atoms with Crippen molar-refractivity contribution in [3.63, 3.8) is 0 Å². The predicted octanol–water partition coefficient (Wildman–Crippen LogP) is 10.9. The highest BCUT2D eigenvalue weighted by Gasteiger charge is 2.18. The van der Waals surface area contributed by atoms with Crippen LogP contribution in [-0.4, -0.2) is 83.6 Å². The van der Waals surface area contributed by atoms with E-state index in [0.29, 0.717) is 45.4 Å². The second-order valence-corrected chi connectivity index (χ2v) is 14.4. The van der Waals surface area contributed by atoms with Crippen molar-refractivity contribution < 1.29 is 24.2 Å². The molecule has 0 aromatic carbocycles. The molecule has 0 saturated heterocycles. The monoisotopic (exact) mass is 699 g/mol. The third kappa shape index (κ3) is 29.8. The number of thioether (sulfide) groups is 1. The minimum atomic E-state index is -0.811. The zero-order chi connectivity index (χ0) is 35.5. The van der Waals surface area contributed by atoms with Gasteiger partial charge in [-0.05, 0) is 71.0 Å². The maximum atomic E-state index is 13.2. The number of amides is 1. The van der Waals surface area contributed by atoms with Crippen molar-refractivity contribution in [2.45, 2.75) is 188 Å². The SMILES string of the molecule is CCCCCC/C=C\COC(=O)CCCN(CCCC(O)OC(CCCCCCC)CCCCCCC)C(=O)SCCCN(CC)CC. The molecule has 0 fully saturated rings. The van der Waals surface area contributed by atoms with E-state index in [-0.39, 0.29) is 17.3 Å². The van der Waals surface area contributed by atoms with Gasteiger partial charge >= 0.3 is 5.97 Å². The van der Waals surface area contributed by atoms with Gasteiger partial charge in [0.15, 0.2) is 6.29 Å². The Hall–Kier alpha value is -1.09. The Morgan fingerprint density at radius 3 is 1.85 bits per heavy atom. The Labute approximate surface area is 301 Å². The van der Waals surface area contributed by atoms with Crippen molar-refractivity contribution in [1.82, 2.24) is 9.80 Å². The number of nitrogens with zero attached hydrogens (tertiary/aromatic N) is 2. The zero-order valence-corrected chi connectivity index (χ0v) is 33.0. The third-order valence-corrected chi connectivity index (χ3v) is 10.0. The molecule has 284 valence electrons. The molecule has 1 atom stereocenters. The number of carbonyl (C=O) groups excluding carboxylic acids is 2. The van der Waals surface area contributed by atoms with Crippen molar-refractivity contribution in [1.29, 1.82) is 0 Å². The average molecular weight is 699 g/mol. The van der Waals surface area contributed by atoms with Crippen molar-refractivity contribution in [3.8, 4) is 0 Å². The average Bonchev–Trinajstić information content (AvgIpc) is 3.08. The first-order chi connectivity index (χ1) is 23.4. The fourth-order valence-corrected chi connectivity index (χ4v) is 6.67. The summed E-state index contributed by atoms with van der Waals surface area (Å²) in [6, 6.07) is 0. The summed E-state index contributed by atoms with van der Waals surface area (Å²) in [5.74, 6) is 0.562. The van der Waals surface area contributed by atoms with Crippen LogP contribution in [0, 0.1) is 0 Å². The summed E-state index contributed by atoms with van der Waals surface area (Å²) in [4.78, 5) is 29.8. The molecule has 0 heterocycles. The molecule has 1 unspecified atom stereocenters. The van der Waals surface area contributed by atoms with Crippen LogP contribution in [-0.2, 0) is 14.3 Å². The highest BCUT2D eigenvalue weighted by molar-refractivity contribution is 8.13. The predicted molar refractivity (Wildman–Crippen MR) is 207 cm³/mol. The maximum Gasteiger partial charge on any atom is 0.306 e. The minimum Gasteiger partial charge on any atom is -0.461 e. The van der Waals surface area contributed by atoms with Crippen LogP contribution in [0.1, 0.15) is 176 Å². The Balaban J connectivity index is 4.85. The Morgan fingerprint density at radius 1 is 0.667 bits per heavy atom. The molecular weight excluding hydrogens is 621 g/mol. The summed E-state index contributed by atoms with van der Waals surface area (Å²) < 4.78 is 11.6. The number of esters is 1. The minimum absolute atomic E-state index is 0.0568. The van der Waals surface area contributed by atoms with E-state index in [0.717, 1.165) is 63.9 Å². The lowest BCUT2D eigenvalue weighted by Crippen LogP contribution is -2.32. The molecule has 0 rings (SSSR count). The molecule has 0 saturated carbocycles.